The fraction of sp³-hybridized carbons (Fsp3) is 0.727. The summed E-state index contributed by atoms with van der Waals surface area (Å²) < 4.78 is 10.5. The van der Waals surface area contributed by atoms with E-state index in [1.807, 2.05) is 6.08 Å². The van der Waals surface area contributed by atoms with E-state index in [0.717, 1.165) is 12.8 Å². The van der Waals surface area contributed by atoms with Crippen LogP contribution in [-0.4, -0.2) is 25.2 Å². The van der Waals surface area contributed by atoms with Crippen LogP contribution >= 0.6 is 0 Å². The maximum Gasteiger partial charge on any atom is 0.306 e. The predicted octanol–water partition coefficient (Wildman–Crippen LogP) is 5.52. The van der Waals surface area contributed by atoms with Gasteiger partial charge in [0.15, 0.2) is 0 Å². The van der Waals surface area contributed by atoms with E-state index < -0.39 is 0 Å². The quantitative estimate of drug-likeness (QED) is 0.358. The minimum Gasteiger partial charge on any atom is -0.465 e. The minimum atomic E-state index is -0.251. The molecule has 1 rings (SSSR count). The second kappa shape index (κ2) is 13.6. The van der Waals surface area contributed by atoms with Crippen molar-refractivity contribution in [1.29, 1.82) is 0 Å². The highest BCUT2D eigenvalue weighted by molar-refractivity contribution is 5.72. The second-order valence-corrected chi connectivity index (χ2v) is 7.59. The number of rotatable bonds is 11. The molecule has 26 heavy (non-hydrogen) atoms. The first-order valence-corrected chi connectivity index (χ1v) is 10.1. The lowest BCUT2D eigenvalue weighted by atomic mass is 9.90. The highest BCUT2D eigenvalue weighted by atomic mass is 16.5. The van der Waals surface area contributed by atoms with E-state index in [1.165, 1.54) is 43.3 Å². The molecule has 1 fully saturated rings. The molecule has 1 aliphatic rings. The Morgan fingerprint density at radius 2 is 1.54 bits per heavy atom. The van der Waals surface area contributed by atoms with Gasteiger partial charge in [0.1, 0.15) is 6.61 Å². The Morgan fingerprint density at radius 1 is 0.885 bits per heavy atom. The topological polar surface area (TPSA) is 52.6 Å². The number of ether oxygens (including phenoxy) is 2. The zero-order valence-corrected chi connectivity index (χ0v) is 16.9. The van der Waals surface area contributed by atoms with Crippen LogP contribution in [0.3, 0.4) is 0 Å². The standard InChI is InChI=1S/C22H36O4/c1-18(2)9-7-10-19(3)15-16-25-21(23)13-8-14-22(24)26-17-20-11-5-4-6-12-20/h9,15,20H,4-8,10-14,16-17H2,1-3H3/b19-15-. The van der Waals surface area contributed by atoms with E-state index in [9.17, 15) is 9.59 Å². The minimum absolute atomic E-state index is 0.196. The van der Waals surface area contributed by atoms with Crippen LogP contribution < -0.4 is 0 Å². The summed E-state index contributed by atoms with van der Waals surface area (Å²) >= 11 is 0. The molecule has 0 aromatic carbocycles. The fourth-order valence-electron chi connectivity index (χ4n) is 3.05. The van der Waals surface area contributed by atoms with Crippen LogP contribution in [0.25, 0.3) is 0 Å². The van der Waals surface area contributed by atoms with Crippen molar-refractivity contribution in [2.45, 2.75) is 85.0 Å². The predicted molar refractivity (Wildman–Crippen MR) is 105 cm³/mol. The van der Waals surface area contributed by atoms with Crippen LogP contribution in [-0.2, 0) is 19.1 Å². The van der Waals surface area contributed by atoms with Gasteiger partial charge in [-0.2, -0.15) is 0 Å². The summed E-state index contributed by atoms with van der Waals surface area (Å²) in [5.41, 5.74) is 2.54. The highest BCUT2D eigenvalue weighted by Crippen LogP contribution is 2.23. The summed E-state index contributed by atoms with van der Waals surface area (Å²) in [7, 11) is 0. The number of allylic oxidation sites excluding steroid dienone is 3. The molecule has 0 atom stereocenters. The number of carbonyl (C=O) groups excluding carboxylic acids is 2. The number of hydrogen-bond acceptors (Lipinski definition) is 4. The second-order valence-electron chi connectivity index (χ2n) is 7.59. The maximum atomic E-state index is 11.7. The van der Waals surface area contributed by atoms with Gasteiger partial charge in [-0.15, -0.1) is 0 Å². The van der Waals surface area contributed by atoms with Gasteiger partial charge in [-0.3, -0.25) is 9.59 Å². The molecule has 0 aromatic heterocycles. The molecule has 0 unspecified atom stereocenters. The Balaban J connectivity index is 2.04. The lowest BCUT2D eigenvalue weighted by molar-refractivity contribution is -0.146. The van der Waals surface area contributed by atoms with Gasteiger partial charge in [0.05, 0.1) is 6.61 Å². The van der Waals surface area contributed by atoms with Crippen molar-refractivity contribution in [1.82, 2.24) is 0 Å². The van der Waals surface area contributed by atoms with Crippen molar-refractivity contribution in [2.24, 2.45) is 5.92 Å². The van der Waals surface area contributed by atoms with Gasteiger partial charge < -0.3 is 9.47 Å². The van der Waals surface area contributed by atoms with Crippen LogP contribution in [0.1, 0.15) is 85.0 Å². The van der Waals surface area contributed by atoms with Crippen molar-refractivity contribution < 1.29 is 19.1 Å². The van der Waals surface area contributed by atoms with Gasteiger partial charge in [0.2, 0.25) is 0 Å². The molecule has 0 aromatic rings. The Hall–Kier alpha value is -1.58. The molecule has 1 aliphatic carbocycles. The van der Waals surface area contributed by atoms with Gasteiger partial charge >= 0.3 is 11.9 Å². The Kier molecular flexibility index (Phi) is 11.7. The lowest BCUT2D eigenvalue weighted by Crippen LogP contribution is -2.16. The van der Waals surface area contributed by atoms with Crippen LogP contribution in [0.2, 0.25) is 0 Å². The summed E-state index contributed by atoms with van der Waals surface area (Å²) in [6, 6.07) is 0. The molecule has 0 saturated heterocycles. The van der Waals surface area contributed by atoms with Crippen LogP contribution in [0, 0.1) is 5.92 Å². The first-order chi connectivity index (χ1) is 12.5. The molecule has 4 heteroatoms. The van der Waals surface area contributed by atoms with Gasteiger partial charge in [-0.1, -0.05) is 36.5 Å². The fourth-order valence-corrected chi connectivity index (χ4v) is 3.05. The van der Waals surface area contributed by atoms with Crippen molar-refractivity contribution >= 4 is 11.9 Å². The molecule has 0 aliphatic heterocycles. The van der Waals surface area contributed by atoms with Crippen molar-refractivity contribution in [3.63, 3.8) is 0 Å². The molecule has 148 valence electrons. The number of carbonyl (C=O) groups is 2. The molecule has 0 amide bonds. The average molecular weight is 365 g/mol. The monoisotopic (exact) mass is 364 g/mol. The molecule has 4 nitrogen and oxygen atoms in total. The summed E-state index contributed by atoms with van der Waals surface area (Å²) in [5, 5.41) is 0. The summed E-state index contributed by atoms with van der Waals surface area (Å²) in [4.78, 5) is 23.4. The Bertz CT molecular complexity index is 480. The molecular formula is C22H36O4. The van der Waals surface area contributed by atoms with E-state index in [0.29, 0.717) is 32.0 Å². The zero-order valence-electron chi connectivity index (χ0n) is 16.9. The lowest BCUT2D eigenvalue weighted by Gasteiger charge is -2.20. The van der Waals surface area contributed by atoms with Gasteiger partial charge in [0, 0.05) is 12.8 Å². The van der Waals surface area contributed by atoms with Crippen molar-refractivity contribution in [2.75, 3.05) is 13.2 Å². The highest BCUT2D eigenvalue weighted by Gasteiger charge is 2.15. The van der Waals surface area contributed by atoms with E-state index in [1.54, 1.807) is 0 Å². The van der Waals surface area contributed by atoms with E-state index in [-0.39, 0.29) is 18.4 Å². The van der Waals surface area contributed by atoms with Gasteiger partial charge in [0.25, 0.3) is 0 Å². The zero-order chi connectivity index (χ0) is 19.2. The molecular weight excluding hydrogens is 328 g/mol. The van der Waals surface area contributed by atoms with Crippen molar-refractivity contribution in [3.05, 3.63) is 23.3 Å². The first kappa shape index (κ1) is 22.5. The first-order valence-electron chi connectivity index (χ1n) is 10.1. The number of esters is 2. The summed E-state index contributed by atoms with van der Waals surface area (Å²) in [6.07, 6.45) is 13.3. The molecule has 0 bridgehead atoms. The average Bonchev–Trinajstić information content (AvgIpc) is 2.60. The summed E-state index contributed by atoms with van der Waals surface area (Å²) in [5.74, 6) is 0.0845. The van der Waals surface area contributed by atoms with Crippen LogP contribution in [0.5, 0.6) is 0 Å². The Morgan fingerprint density at radius 3 is 2.19 bits per heavy atom. The third kappa shape index (κ3) is 11.9. The third-order valence-corrected chi connectivity index (χ3v) is 4.73. The van der Waals surface area contributed by atoms with E-state index in [4.69, 9.17) is 9.47 Å². The van der Waals surface area contributed by atoms with Crippen LogP contribution in [0.15, 0.2) is 23.3 Å². The maximum absolute atomic E-state index is 11.7. The largest absolute Gasteiger partial charge is 0.465 e. The van der Waals surface area contributed by atoms with E-state index >= 15 is 0 Å². The number of hydrogen-bond donors (Lipinski definition) is 0. The van der Waals surface area contributed by atoms with Crippen LogP contribution in [0.4, 0.5) is 0 Å². The van der Waals surface area contributed by atoms with Gasteiger partial charge in [-0.05, 0) is 64.9 Å². The van der Waals surface area contributed by atoms with Crippen molar-refractivity contribution in [3.8, 4) is 0 Å². The molecule has 0 radical (unpaired) electrons. The van der Waals surface area contributed by atoms with E-state index in [2.05, 4.69) is 26.8 Å². The van der Waals surface area contributed by atoms with Gasteiger partial charge in [-0.25, -0.2) is 0 Å². The smallest absolute Gasteiger partial charge is 0.306 e. The molecule has 0 spiro atoms. The third-order valence-electron chi connectivity index (χ3n) is 4.73. The normalized spacial score (nSPS) is 15.4. The summed E-state index contributed by atoms with van der Waals surface area (Å²) in [6.45, 7) is 7.08. The Labute approximate surface area is 159 Å². The molecule has 1 saturated carbocycles. The molecule has 0 heterocycles. The SMILES string of the molecule is CC(C)=CCC/C(C)=C\COC(=O)CCCC(=O)OCC1CCCCC1. The molecule has 0 N–H and O–H groups in total.